The van der Waals surface area contributed by atoms with Gasteiger partial charge in [0.05, 0.1) is 39.6 Å². The fraction of sp³-hybridized carbons (Fsp3) is 0.378. The van der Waals surface area contributed by atoms with E-state index in [0.717, 1.165) is 85.4 Å². The fourth-order valence-electron chi connectivity index (χ4n) is 7.14. The molecule has 2 N–H and O–H groups in total. The molecule has 0 radical (unpaired) electrons. The van der Waals surface area contributed by atoms with Crippen molar-refractivity contribution in [2.75, 3.05) is 13.7 Å². The van der Waals surface area contributed by atoms with Crippen molar-refractivity contribution in [2.45, 2.75) is 65.1 Å². The van der Waals surface area contributed by atoms with Crippen molar-refractivity contribution in [1.29, 1.82) is 0 Å². The van der Waals surface area contributed by atoms with Crippen molar-refractivity contribution in [3.8, 4) is 39.1 Å². The van der Waals surface area contributed by atoms with Gasteiger partial charge in [0.2, 0.25) is 0 Å². The average molecular weight is 661 g/mol. The van der Waals surface area contributed by atoms with Gasteiger partial charge in [-0.2, -0.15) is 0 Å². The highest BCUT2D eigenvalue weighted by Crippen LogP contribution is 2.40. The predicted octanol–water partition coefficient (Wildman–Crippen LogP) is 6.76. The van der Waals surface area contributed by atoms with Crippen LogP contribution in [0.15, 0.2) is 48.8 Å². The van der Waals surface area contributed by atoms with Crippen LogP contribution in [0.2, 0.25) is 0 Å². The highest BCUT2D eigenvalue weighted by atomic mass is 32.1. The van der Waals surface area contributed by atoms with E-state index in [1.54, 1.807) is 18.4 Å². The molecule has 1 aliphatic heterocycles. The van der Waals surface area contributed by atoms with Crippen LogP contribution in [0.1, 0.15) is 53.5 Å². The summed E-state index contributed by atoms with van der Waals surface area (Å²) in [6, 6.07) is 12.3. The summed E-state index contributed by atoms with van der Waals surface area (Å²) in [6.07, 6.45) is 7.99. The minimum atomic E-state index is -0.0387. The van der Waals surface area contributed by atoms with Crippen LogP contribution in [0.25, 0.3) is 55.4 Å². The number of nitrogens with zero attached hydrogens (tertiary/aromatic N) is 7. The zero-order valence-electron chi connectivity index (χ0n) is 28.0. The molecule has 2 aliphatic rings. The molecule has 6 aromatic rings. The number of nitrogens with two attached hydrogens (primary N) is 1. The van der Waals surface area contributed by atoms with Crippen molar-refractivity contribution < 1.29 is 9.53 Å². The molecule has 8 rings (SSSR count). The maximum Gasteiger partial charge on any atom is 0.254 e. The van der Waals surface area contributed by atoms with Gasteiger partial charge in [-0.25, -0.2) is 15.0 Å². The van der Waals surface area contributed by atoms with Crippen molar-refractivity contribution in [3.63, 3.8) is 0 Å². The lowest BCUT2D eigenvalue weighted by atomic mass is 9.99. The summed E-state index contributed by atoms with van der Waals surface area (Å²) in [4.78, 5) is 36.5. The maximum atomic E-state index is 13.8. The van der Waals surface area contributed by atoms with E-state index in [9.17, 15) is 4.79 Å². The first-order valence-corrected chi connectivity index (χ1v) is 17.5. The van der Waals surface area contributed by atoms with Crippen LogP contribution in [0.4, 0.5) is 0 Å². The summed E-state index contributed by atoms with van der Waals surface area (Å²) in [5.74, 6) is 1.99. The van der Waals surface area contributed by atoms with Gasteiger partial charge in [0.1, 0.15) is 16.9 Å². The highest BCUT2D eigenvalue weighted by molar-refractivity contribution is 7.15. The van der Waals surface area contributed by atoms with Gasteiger partial charge in [-0.05, 0) is 94.3 Å². The van der Waals surface area contributed by atoms with E-state index in [0.29, 0.717) is 23.8 Å². The Morgan fingerprint density at radius 2 is 1.90 bits per heavy atom. The lowest BCUT2D eigenvalue weighted by Gasteiger charge is -2.36. The first-order chi connectivity index (χ1) is 23.2. The van der Waals surface area contributed by atoms with Gasteiger partial charge in [0.25, 0.3) is 5.91 Å². The predicted molar refractivity (Wildman–Crippen MR) is 190 cm³/mol. The third-order valence-corrected chi connectivity index (χ3v) is 10.9. The van der Waals surface area contributed by atoms with Crippen LogP contribution in [-0.4, -0.2) is 65.6 Å². The molecule has 0 bridgehead atoms. The van der Waals surface area contributed by atoms with Crippen LogP contribution in [0.3, 0.4) is 0 Å². The number of imidazole rings is 1. The van der Waals surface area contributed by atoms with Gasteiger partial charge >= 0.3 is 0 Å². The number of thiazole rings is 1. The van der Waals surface area contributed by atoms with Gasteiger partial charge in [-0.1, -0.05) is 0 Å². The molecule has 1 saturated heterocycles. The number of hydrogen-bond donors (Lipinski definition) is 1. The highest BCUT2D eigenvalue weighted by Gasteiger charge is 2.30. The maximum absolute atomic E-state index is 13.8. The number of aryl methyl sites for hydroxylation is 3. The van der Waals surface area contributed by atoms with Crippen molar-refractivity contribution in [1.82, 2.24) is 34.0 Å². The zero-order chi connectivity index (χ0) is 33.3. The molecule has 246 valence electrons. The second-order valence-corrected chi connectivity index (χ2v) is 14.7. The number of amides is 1. The lowest BCUT2D eigenvalue weighted by molar-refractivity contribution is 0.0612. The standard InChI is InChI=1S/C37H40N8O2S/c1-20-12-13-39-33(31-17-40-22(3)48-31)32(20)27-11-9-24-15-29(45(35(24)41-27)18-23-7-8-23)36-42-28-14-25(16-30(47-5)34(28)43(36)4)37(46)44-19-26(38)10-6-21(44)2/h9,11-17,21,23,26H,6-8,10,18-19,38H2,1-5H3/t21-,26+/m0/s1. The van der Waals surface area contributed by atoms with Gasteiger partial charge < -0.3 is 24.5 Å². The molecule has 0 spiro atoms. The summed E-state index contributed by atoms with van der Waals surface area (Å²) in [5.41, 5.74) is 14.2. The van der Waals surface area contributed by atoms with E-state index in [-0.39, 0.29) is 18.0 Å². The van der Waals surface area contributed by atoms with Gasteiger partial charge in [-0.3, -0.25) is 9.78 Å². The molecule has 6 heterocycles. The van der Waals surface area contributed by atoms with Crippen LogP contribution < -0.4 is 10.5 Å². The molecule has 1 amide bonds. The Bertz CT molecular complexity index is 2210. The number of benzene rings is 1. The number of carbonyl (C=O) groups is 1. The van der Waals surface area contributed by atoms with E-state index in [4.69, 9.17) is 25.4 Å². The smallest absolute Gasteiger partial charge is 0.254 e. The zero-order valence-corrected chi connectivity index (χ0v) is 28.8. The number of aromatic nitrogens is 6. The Morgan fingerprint density at radius 3 is 2.65 bits per heavy atom. The number of rotatable bonds is 7. The average Bonchev–Trinajstić information content (AvgIpc) is 3.55. The first kappa shape index (κ1) is 30.7. The van der Waals surface area contributed by atoms with Gasteiger partial charge in [0.15, 0.2) is 5.82 Å². The van der Waals surface area contributed by atoms with E-state index >= 15 is 0 Å². The second kappa shape index (κ2) is 11.8. The SMILES string of the molecule is COc1cc(C(=O)N2C[C@H](N)CC[C@@H]2C)cc2nc(-c3cc4ccc(-c5c(C)ccnc5-c5cnc(C)s5)nc4n3CC3CC3)n(C)c12. The normalized spacial score (nSPS) is 18.2. The van der Waals surface area contributed by atoms with Crippen LogP contribution >= 0.6 is 11.3 Å². The number of piperidine rings is 1. The molecule has 11 heteroatoms. The molecule has 1 saturated carbocycles. The topological polar surface area (TPSA) is 117 Å². The van der Waals surface area contributed by atoms with Crippen molar-refractivity contribution >= 4 is 39.3 Å². The molecule has 1 aromatic carbocycles. The first-order valence-electron chi connectivity index (χ1n) is 16.7. The van der Waals surface area contributed by atoms with Crippen molar-refractivity contribution in [2.24, 2.45) is 18.7 Å². The molecular formula is C37H40N8O2S. The van der Waals surface area contributed by atoms with E-state index in [1.165, 1.54) is 12.8 Å². The van der Waals surface area contributed by atoms with Gasteiger partial charge in [-0.15, -0.1) is 11.3 Å². The molecule has 10 nitrogen and oxygen atoms in total. The molecule has 2 fully saturated rings. The summed E-state index contributed by atoms with van der Waals surface area (Å²) < 4.78 is 10.3. The molecule has 0 unspecified atom stereocenters. The molecule has 2 atom stereocenters. The van der Waals surface area contributed by atoms with Crippen molar-refractivity contribution in [3.05, 3.63) is 64.9 Å². The summed E-state index contributed by atoms with van der Waals surface area (Å²) in [5, 5.41) is 2.06. The Hall–Kier alpha value is -4.61. The molecular weight excluding hydrogens is 621 g/mol. The number of methoxy groups -OCH3 is 1. The monoisotopic (exact) mass is 660 g/mol. The van der Waals surface area contributed by atoms with Crippen LogP contribution in [0.5, 0.6) is 5.75 Å². The summed E-state index contributed by atoms with van der Waals surface area (Å²) in [6.45, 7) is 7.63. The number of likely N-dealkylation sites (tertiary alicyclic amines) is 1. The fourth-order valence-corrected chi connectivity index (χ4v) is 7.92. The quantitative estimate of drug-likeness (QED) is 0.201. The van der Waals surface area contributed by atoms with Gasteiger partial charge in [0, 0.05) is 61.1 Å². The number of hydrogen-bond acceptors (Lipinski definition) is 8. The number of ether oxygens (including phenoxy) is 1. The van der Waals surface area contributed by atoms with E-state index in [2.05, 4.69) is 46.2 Å². The number of carbonyl (C=O) groups excluding carboxylic acids is 1. The number of pyridine rings is 2. The minimum Gasteiger partial charge on any atom is -0.494 e. The minimum absolute atomic E-state index is 0.00898. The Kier molecular flexibility index (Phi) is 7.56. The third kappa shape index (κ3) is 5.25. The third-order valence-electron chi connectivity index (χ3n) is 9.96. The lowest BCUT2D eigenvalue weighted by Crippen LogP contribution is -2.50. The van der Waals surface area contributed by atoms with E-state index in [1.807, 2.05) is 49.5 Å². The Balaban J connectivity index is 1.26. The molecule has 5 aromatic heterocycles. The summed E-state index contributed by atoms with van der Waals surface area (Å²) >= 11 is 1.64. The molecule has 1 aliphatic carbocycles. The largest absolute Gasteiger partial charge is 0.494 e. The van der Waals surface area contributed by atoms with E-state index < -0.39 is 0 Å². The summed E-state index contributed by atoms with van der Waals surface area (Å²) in [7, 11) is 3.66. The second-order valence-electron chi connectivity index (χ2n) is 13.5. The Labute approximate surface area is 283 Å². The van der Waals surface area contributed by atoms with Crippen LogP contribution in [0, 0.1) is 19.8 Å². The molecule has 48 heavy (non-hydrogen) atoms. The van der Waals surface area contributed by atoms with Crippen LogP contribution in [-0.2, 0) is 13.6 Å². The Morgan fingerprint density at radius 1 is 1.06 bits per heavy atom. The number of fused-ring (bicyclic) bond motifs is 2.